The molecule has 6 nitrogen and oxygen atoms in total. The van der Waals surface area contributed by atoms with Crippen LogP contribution in [0.1, 0.15) is 0 Å². The van der Waals surface area contributed by atoms with Crippen LogP contribution in [0.15, 0.2) is 34.7 Å². The fourth-order valence-electron chi connectivity index (χ4n) is 2.99. The first-order valence-corrected chi connectivity index (χ1v) is 9.86. The van der Waals surface area contributed by atoms with Crippen LogP contribution in [-0.2, 0) is 14.8 Å². The van der Waals surface area contributed by atoms with Crippen molar-refractivity contribution in [1.82, 2.24) is 14.6 Å². The molecule has 3 heterocycles. The Morgan fingerprint density at radius 1 is 1.29 bits per heavy atom. The Labute approximate surface area is 143 Å². The van der Waals surface area contributed by atoms with Crippen LogP contribution in [-0.4, -0.2) is 56.1 Å². The highest BCUT2D eigenvalue weighted by Gasteiger charge is 2.41. The van der Waals surface area contributed by atoms with Gasteiger partial charge in [-0.15, -0.1) is 11.3 Å². The van der Waals surface area contributed by atoms with Crippen molar-refractivity contribution >= 4 is 21.4 Å². The zero-order chi connectivity index (χ0) is 16.7. The molecule has 4 rings (SSSR count). The highest BCUT2D eigenvalue weighted by atomic mass is 32.2. The minimum absolute atomic E-state index is 0.0398. The van der Waals surface area contributed by atoms with Crippen molar-refractivity contribution < 1.29 is 17.5 Å². The van der Waals surface area contributed by atoms with E-state index in [4.69, 9.17) is 4.74 Å². The van der Waals surface area contributed by atoms with Gasteiger partial charge in [0, 0.05) is 31.2 Å². The average molecular weight is 369 g/mol. The van der Waals surface area contributed by atoms with Crippen LogP contribution >= 0.6 is 11.3 Å². The summed E-state index contributed by atoms with van der Waals surface area (Å²) >= 11 is 1.09. The van der Waals surface area contributed by atoms with Gasteiger partial charge >= 0.3 is 0 Å². The van der Waals surface area contributed by atoms with Crippen molar-refractivity contribution in [3.63, 3.8) is 0 Å². The zero-order valence-electron chi connectivity index (χ0n) is 12.7. The van der Waals surface area contributed by atoms with Gasteiger partial charge in [-0.1, -0.05) is 0 Å². The van der Waals surface area contributed by atoms with Crippen molar-refractivity contribution in [3.05, 3.63) is 36.3 Å². The summed E-state index contributed by atoms with van der Waals surface area (Å²) in [6, 6.07) is 5.88. The van der Waals surface area contributed by atoms with Crippen LogP contribution < -0.4 is 5.32 Å². The first-order valence-electron chi connectivity index (χ1n) is 7.61. The molecule has 0 unspecified atom stereocenters. The van der Waals surface area contributed by atoms with Gasteiger partial charge in [-0.25, -0.2) is 17.8 Å². The molecule has 128 valence electrons. The molecule has 0 bridgehead atoms. The summed E-state index contributed by atoms with van der Waals surface area (Å²) in [6.45, 7) is 2.09. The number of benzene rings is 1. The van der Waals surface area contributed by atoms with Crippen molar-refractivity contribution in [3.8, 4) is 10.6 Å². The third-order valence-corrected chi connectivity index (χ3v) is 7.56. The maximum Gasteiger partial charge on any atom is 0.254 e. The Hall–Kier alpha value is -1.39. The molecule has 2 aliphatic heterocycles. The zero-order valence-corrected chi connectivity index (χ0v) is 14.3. The number of rotatable bonds is 3. The lowest BCUT2D eigenvalue weighted by molar-refractivity contribution is 0.0194. The Balaban J connectivity index is 1.58. The van der Waals surface area contributed by atoms with Gasteiger partial charge in [-0.05, 0) is 24.3 Å². The minimum Gasteiger partial charge on any atom is -0.374 e. The number of sulfonamides is 1. The van der Waals surface area contributed by atoms with E-state index in [1.54, 1.807) is 12.1 Å². The lowest BCUT2D eigenvalue weighted by Gasteiger charge is -2.25. The first-order chi connectivity index (χ1) is 11.5. The summed E-state index contributed by atoms with van der Waals surface area (Å²) in [5, 5.41) is 3.85. The van der Waals surface area contributed by atoms with E-state index in [0.29, 0.717) is 30.3 Å². The van der Waals surface area contributed by atoms with Crippen LogP contribution in [0.3, 0.4) is 0 Å². The van der Waals surface area contributed by atoms with Gasteiger partial charge in [0.1, 0.15) is 10.8 Å². The highest BCUT2D eigenvalue weighted by Crippen LogP contribution is 2.31. The Morgan fingerprint density at radius 3 is 2.83 bits per heavy atom. The minimum atomic E-state index is -3.60. The number of aromatic nitrogens is 1. The van der Waals surface area contributed by atoms with Gasteiger partial charge in [0.05, 0.1) is 18.9 Å². The van der Waals surface area contributed by atoms with E-state index in [1.807, 2.05) is 0 Å². The van der Waals surface area contributed by atoms with Gasteiger partial charge in [-0.2, -0.15) is 4.31 Å². The summed E-state index contributed by atoms with van der Waals surface area (Å²) < 4.78 is 45.9. The maximum atomic E-state index is 13.0. The fraction of sp³-hybridized carbons (Fsp3) is 0.400. The quantitative estimate of drug-likeness (QED) is 0.883. The normalized spacial score (nSPS) is 24.9. The molecule has 1 aromatic heterocycles. The lowest BCUT2D eigenvalue weighted by atomic mass is 10.2. The highest BCUT2D eigenvalue weighted by molar-refractivity contribution is 7.91. The predicted molar refractivity (Wildman–Crippen MR) is 87.8 cm³/mol. The molecule has 0 saturated carbocycles. The second-order valence-corrected chi connectivity index (χ2v) is 8.98. The number of halogens is 1. The molecule has 0 amide bonds. The van der Waals surface area contributed by atoms with Crippen LogP contribution in [0.4, 0.5) is 4.39 Å². The number of morpholine rings is 1. The topological polar surface area (TPSA) is 71.5 Å². The smallest absolute Gasteiger partial charge is 0.254 e. The molecule has 2 saturated heterocycles. The summed E-state index contributed by atoms with van der Waals surface area (Å²) in [5.41, 5.74) is 0.697. The molecule has 2 fully saturated rings. The second-order valence-electron chi connectivity index (χ2n) is 5.78. The predicted octanol–water partition coefficient (Wildman–Crippen LogP) is 1.31. The number of hydrogen-bond acceptors (Lipinski definition) is 6. The average Bonchev–Trinajstić information content (AvgIpc) is 3.23. The number of ether oxygens (including phenoxy) is 1. The van der Waals surface area contributed by atoms with Crippen LogP contribution in [0, 0.1) is 5.82 Å². The van der Waals surface area contributed by atoms with E-state index in [0.717, 1.165) is 17.9 Å². The van der Waals surface area contributed by atoms with Crippen molar-refractivity contribution in [2.24, 2.45) is 0 Å². The Kier molecular flexibility index (Phi) is 4.13. The van der Waals surface area contributed by atoms with Gasteiger partial charge < -0.3 is 10.1 Å². The number of thiazole rings is 1. The molecule has 0 radical (unpaired) electrons. The van der Waals surface area contributed by atoms with E-state index in [2.05, 4.69) is 10.3 Å². The molecular formula is C15H16FN3O3S2. The fourth-order valence-corrected chi connectivity index (χ4v) is 5.76. The van der Waals surface area contributed by atoms with E-state index < -0.39 is 10.0 Å². The van der Waals surface area contributed by atoms with Crippen molar-refractivity contribution in [2.45, 2.75) is 16.4 Å². The van der Waals surface area contributed by atoms with E-state index in [1.165, 1.54) is 22.6 Å². The number of hydrogen-bond donors (Lipinski definition) is 1. The van der Waals surface area contributed by atoms with E-state index in [9.17, 15) is 12.8 Å². The summed E-state index contributed by atoms with van der Waals surface area (Å²) in [6.07, 6.45) is 1.27. The van der Waals surface area contributed by atoms with Gasteiger partial charge in [-0.3, -0.25) is 0 Å². The Morgan fingerprint density at radius 2 is 2.08 bits per heavy atom. The van der Waals surface area contributed by atoms with Crippen LogP contribution in [0.25, 0.3) is 10.6 Å². The van der Waals surface area contributed by atoms with Gasteiger partial charge in [0.2, 0.25) is 0 Å². The molecule has 24 heavy (non-hydrogen) atoms. The summed E-state index contributed by atoms with van der Waals surface area (Å²) in [4.78, 5) is 4.19. The molecule has 0 aliphatic carbocycles. The van der Waals surface area contributed by atoms with E-state index in [-0.39, 0.29) is 22.2 Å². The SMILES string of the molecule is O=S(=O)(c1cnc(-c2ccc(F)cc2)s1)N1C[C@@H]2NCCO[C@@H]2C1. The second kappa shape index (κ2) is 6.16. The first kappa shape index (κ1) is 16.1. The molecular weight excluding hydrogens is 353 g/mol. The summed E-state index contributed by atoms with van der Waals surface area (Å²) in [5.74, 6) is -0.338. The largest absolute Gasteiger partial charge is 0.374 e. The Bertz CT molecular complexity index is 824. The molecule has 2 atom stereocenters. The lowest BCUT2D eigenvalue weighted by Crippen LogP contribution is -2.47. The van der Waals surface area contributed by atoms with Crippen molar-refractivity contribution in [2.75, 3.05) is 26.2 Å². The molecule has 1 aromatic carbocycles. The molecule has 9 heteroatoms. The summed E-state index contributed by atoms with van der Waals surface area (Å²) in [7, 11) is -3.60. The number of nitrogens with zero attached hydrogens (tertiary/aromatic N) is 2. The van der Waals surface area contributed by atoms with Crippen LogP contribution in [0.2, 0.25) is 0 Å². The van der Waals surface area contributed by atoms with Gasteiger partial charge in [0.25, 0.3) is 10.0 Å². The third-order valence-electron chi connectivity index (χ3n) is 4.24. The standard InChI is InChI=1S/C15H16FN3O3S2/c16-11-3-1-10(2-4-11)15-18-7-14(23-15)24(20,21)19-8-12-13(9-19)22-6-5-17-12/h1-4,7,12-13,17H,5-6,8-9H2/t12-,13+/m0/s1. The van der Waals surface area contributed by atoms with Crippen molar-refractivity contribution in [1.29, 1.82) is 0 Å². The van der Waals surface area contributed by atoms with E-state index >= 15 is 0 Å². The number of fused-ring (bicyclic) bond motifs is 1. The van der Waals surface area contributed by atoms with Gasteiger partial charge in [0.15, 0.2) is 4.21 Å². The number of nitrogens with one attached hydrogen (secondary N) is 1. The van der Waals surface area contributed by atoms with Crippen LogP contribution in [0.5, 0.6) is 0 Å². The molecule has 1 N–H and O–H groups in total. The monoisotopic (exact) mass is 369 g/mol. The third kappa shape index (κ3) is 2.86. The molecule has 0 spiro atoms. The molecule has 2 aromatic rings. The molecule has 2 aliphatic rings. The maximum absolute atomic E-state index is 13.0.